The van der Waals surface area contributed by atoms with Gasteiger partial charge in [-0.15, -0.1) is 0 Å². The number of rotatable bonds is 2. The summed E-state index contributed by atoms with van der Waals surface area (Å²) in [5.41, 5.74) is -3.83. The first-order valence-electron chi connectivity index (χ1n) is 5.43. The maximum Gasteiger partial charge on any atom is 0.438 e. The average molecular weight is 286 g/mol. The van der Waals surface area contributed by atoms with E-state index in [1.54, 1.807) is 0 Å². The lowest BCUT2D eigenvalue weighted by Crippen LogP contribution is -2.64. The first kappa shape index (κ1) is 13.9. The molecule has 1 aromatic rings. The van der Waals surface area contributed by atoms with Crippen LogP contribution < -0.4 is 10.6 Å². The molecular weight excluding hydrogens is 277 g/mol. The normalized spacial score (nSPS) is 22.7. The fourth-order valence-corrected chi connectivity index (χ4v) is 1.87. The number of aryl methyl sites for hydroxylation is 1. The molecule has 1 aromatic heterocycles. The number of nitrogens with zero attached hydrogens (tertiary/aromatic N) is 2. The van der Waals surface area contributed by atoms with Gasteiger partial charge in [-0.25, -0.2) is 0 Å². The monoisotopic (exact) mass is 286 g/mol. The van der Waals surface area contributed by atoms with Gasteiger partial charge in [0.05, 0.1) is 0 Å². The quantitative estimate of drug-likeness (QED) is 0.858. The molecule has 2 rings (SSSR count). The lowest BCUT2D eigenvalue weighted by molar-refractivity contribution is -0.185. The average Bonchev–Trinajstić information content (AvgIpc) is 2.82. The van der Waals surface area contributed by atoms with E-state index >= 15 is 0 Å². The number of hydrogen-bond acceptors (Lipinski definition) is 6. The van der Waals surface area contributed by atoms with Gasteiger partial charge in [0.15, 0.2) is 5.82 Å². The number of nitriles is 1. The lowest BCUT2D eigenvalue weighted by atomic mass is 10.0. The van der Waals surface area contributed by atoms with Crippen molar-refractivity contribution < 1.29 is 22.5 Å². The minimum atomic E-state index is -4.98. The van der Waals surface area contributed by atoms with Gasteiger partial charge in [0, 0.05) is 11.8 Å². The largest absolute Gasteiger partial charge is 0.438 e. The van der Waals surface area contributed by atoms with Crippen molar-refractivity contribution in [2.45, 2.75) is 25.7 Å². The van der Waals surface area contributed by atoms with E-state index in [9.17, 15) is 18.0 Å². The van der Waals surface area contributed by atoms with Gasteiger partial charge in [0.25, 0.3) is 5.66 Å². The van der Waals surface area contributed by atoms with E-state index in [0.29, 0.717) is 0 Å². The summed E-state index contributed by atoms with van der Waals surface area (Å²) >= 11 is 0. The molecule has 1 aliphatic rings. The molecule has 0 aliphatic carbocycles. The number of carbonyl (C=O) groups is 1. The molecule has 0 radical (unpaired) electrons. The summed E-state index contributed by atoms with van der Waals surface area (Å²) in [6, 6.07) is 2.68. The van der Waals surface area contributed by atoms with E-state index < -0.39 is 23.2 Å². The number of nitrogens with one attached hydrogen (secondary N) is 2. The van der Waals surface area contributed by atoms with Gasteiger partial charge in [-0.2, -0.15) is 18.4 Å². The Morgan fingerprint density at radius 1 is 1.50 bits per heavy atom. The molecule has 0 aromatic carbocycles. The van der Waals surface area contributed by atoms with Crippen LogP contribution in [-0.2, 0) is 4.79 Å². The van der Waals surface area contributed by atoms with Crippen molar-refractivity contribution in [3.8, 4) is 6.07 Å². The van der Waals surface area contributed by atoms with Gasteiger partial charge in [0.1, 0.15) is 17.4 Å². The molecule has 1 aliphatic heterocycles. The zero-order valence-corrected chi connectivity index (χ0v) is 10.4. The predicted molar refractivity (Wildman–Crippen MR) is 60.1 cm³/mol. The molecule has 0 saturated carbocycles. The van der Waals surface area contributed by atoms with E-state index in [0.717, 1.165) is 0 Å². The van der Waals surface area contributed by atoms with E-state index in [2.05, 4.69) is 9.68 Å². The van der Waals surface area contributed by atoms with E-state index in [1.165, 1.54) is 26.0 Å². The Kier molecular flexibility index (Phi) is 2.97. The van der Waals surface area contributed by atoms with Gasteiger partial charge in [-0.1, -0.05) is 5.16 Å². The highest BCUT2D eigenvalue weighted by atomic mass is 19.4. The van der Waals surface area contributed by atoms with Crippen LogP contribution in [-0.4, -0.2) is 22.8 Å². The number of ketones is 1. The number of hydrogen-bond donors (Lipinski definition) is 2. The number of carbonyl (C=O) groups excluding carboxylic acids is 1. The molecule has 106 valence electrons. The molecule has 0 saturated heterocycles. The molecule has 2 N–H and O–H groups in total. The van der Waals surface area contributed by atoms with Crippen LogP contribution in [0.5, 0.6) is 0 Å². The van der Waals surface area contributed by atoms with Crippen molar-refractivity contribution in [3.05, 3.63) is 23.1 Å². The number of halogens is 3. The zero-order valence-electron chi connectivity index (χ0n) is 10.4. The Labute approximate surface area is 111 Å². The fourth-order valence-electron chi connectivity index (χ4n) is 1.87. The van der Waals surface area contributed by atoms with Gasteiger partial charge in [-0.3, -0.25) is 4.79 Å². The van der Waals surface area contributed by atoms with Crippen LogP contribution in [0.4, 0.5) is 19.0 Å². The van der Waals surface area contributed by atoms with Gasteiger partial charge < -0.3 is 15.2 Å². The van der Waals surface area contributed by atoms with Crippen LogP contribution in [0, 0.1) is 18.3 Å². The number of Topliss-reactive ketones (excluding diaryl/α,β-unsaturated/α-hetero) is 1. The second-order valence-corrected chi connectivity index (χ2v) is 4.26. The minimum absolute atomic E-state index is 0.150. The van der Waals surface area contributed by atoms with Crippen molar-refractivity contribution in [2.75, 3.05) is 5.32 Å². The Balaban J connectivity index is 2.46. The third kappa shape index (κ3) is 1.89. The standard InChI is InChI=1S/C11H9F3N4O2/c1-5-3-8(18-20-5)17-10(11(12,13)14)9(19)7(4-15)6(2)16-10/h3,16H,1-2H3,(H,17,18)/t10-/m1/s1. The summed E-state index contributed by atoms with van der Waals surface area (Å²) < 4.78 is 44.6. The molecule has 2 heterocycles. The molecule has 1 atom stereocenters. The zero-order chi connectivity index (χ0) is 15.1. The topological polar surface area (TPSA) is 91.0 Å². The maximum atomic E-state index is 13.3. The predicted octanol–water partition coefficient (Wildman–Crippen LogP) is 1.62. The molecule has 0 bridgehead atoms. The van der Waals surface area contributed by atoms with E-state index in [4.69, 9.17) is 5.26 Å². The second kappa shape index (κ2) is 4.26. The van der Waals surface area contributed by atoms with Crippen LogP contribution in [0.2, 0.25) is 0 Å². The smallest absolute Gasteiger partial charge is 0.360 e. The number of aromatic nitrogens is 1. The van der Waals surface area contributed by atoms with Crippen LogP contribution in [0.3, 0.4) is 0 Å². The van der Waals surface area contributed by atoms with Crippen LogP contribution in [0.15, 0.2) is 21.9 Å². The molecule has 0 spiro atoms. The van der Waals surface area contributed by atoms with Crippen LogP contribution >= 0.6 is 0 Å². The molecule has 0 unspecified atom stereocenters. The minimum Gasteiger partial charge on any atom is -0.360 e. The first-order valence-corrected chi connectivity index (χ1v) is 5.43. The number of alkyl halides is 3. The Morgan fingerprint density at radius 2 is 2.15 bits per heavy atom. The number of anilines is 1. The Hall–Kier alpha value is -2.50. The highest BCUT2D eigenvalue weighted by Gasteiger charge is 2.65. The highest BCUT2D eigenvalue weighted by molar-refractivity contribution is 6.10. The highest BCUT2D eigenvalue weighted by Crippen LogP contribution is 2.38. The van der Waals surface area contributed by atoms with Crippen molar-refractivity contribution in [1.29, 1.82) is 5.26 Å². The summed E-state index contributed by atoms with van der Waals surface area (Å²) in [5.74, 6) is -1.38. The third-order valence-electron chi connectivity index (χ3n) is 2.80. The molecule has 20 heavy (non-hydrogen) atoms. The summed E-state index contributed by atoms with van der Waals surface area (Å²) in [7, 11) is 0. The van der Waals surface area contributed by atoms with Crippen molar-refractivity contribution in [3.63, 3.8) is 0 Å². The molecule has 0 fully saturated rings. The molecule has 6 nitrogen and oxygen atoms in total. The Morgan fingerprint density at radius 3 is 2.55 bits per heavy atom. The van der Waals surface area contributed by atoms with Crippen molar-refractivity contribution in [2.24, 2.45) is 0 Å². The van der Waals surface area contributed by atoms with Gasteiger partial charge in [-0.05, 0) is 13.8 Å². The third-order valence-corrected chi connectivity index (χ3v) is 2.80. The first-order chi connectivity index (χ1) is 9.21. The summed E-state index contributed by atoms with van der Waals surface area (Å²) in [6.07, 6.45) is -4.98. The maximum absolute atomic E-state index is 13.3. The fraction of sp³-hybridized carbons (Fsp3) is 0.364. The molecule has 9 heteroatoms. The number of allylic oxidation sites excluding steroid dienone is 1. The molecule has 0 amide bonds. The van der Waals surface area contributed by atoms with Crippen LogP contribution in [0.1, 0.15) is 12.7 Å². The summed E-state index contributed by atoms with van der Waals surface area (Å²) in [6.45, 7) is 2.71. The molecular formula is C11H9F3N4O2. The lowest BCUT2D eigenvalue weighted by Gasteiger charge is -2.31. The SMILES string of the molecule is CC1=C(C#N)C(=O)[C@@](Nc2cc(C)on2)(C(F)(F)F)N1. The van der Waals surface area contributed by atoms with Crippen LogP contribution in [0.25, 0.3) is 0 Å². The Bertz CT molecular complexity index is 641. The van der Waals surface area contributed by atoms with Crippen molar-refractivity contribution >= 4 is 11.6 Å². The summed E-state index contributed by atoms with van der Waals surface area (Å²) in [5, 5.41) is 16.1. The second-order valence-electron chi connectivity index (χ2n) is 4.26. The van der Waals surface area contributed by atoms with E-state index in [1.807, 2.05) is 10.6 Å². The summed E-state index contributed by atoms with van der Waals surface area (Å²) in [4.78, 5) is 11.9. The van der Waals surface area contributed by atoms with Gasteiger partial charge in [0.2, 0.25) is 5.78 Å². The van der Waals surface area contributed by atoms with E-state index in [-0.39, 0.29) is 17.3 Å². The van der Waals surface area contributed by atoms with Crippen molar-refractivity contribution in [1.82, 2.24) is 10.5 Å². The van der Waals surface area contributed by atoms with Gasteiger partial charge >= 0.3 is 6.18 Å².